The van der Waals surface area contributed by atoms with E-state index in [0.29, 0.717) is 5.56 Å². The standard InChI is InChI=1S/C18H28O3S/c1-2-3-4-5-6-7-8-9-10-11-14-17-15-12-13-16-18(17)22(19,20)21/h11-16H,2-10H2,1H3,(H,19,20,21). The van der Waals surface area contributed by atoms with Gasteiger partial charge in [-0.3, -0.25) is 4.55 Å². The van der Waals surface area contributed by atoms with Crippen molar-refractivity contribution in [1.82, 2.24) is 0 Å². The van der Waals surface area contributed by atoms with Crippen molar-refractivity contribution in [1.29, 1.82) is 0 Å². The van der Waals surface area contributed by atoms with Crippen molar-refractivity contribution >= 4 is 16.2 Å². The van der Waals surface area contributed by atoms with Crippen molar-refractivity contribution in [3.63, 3.8) is 0 Å². The third kappa shape index (κ3) is 7.76. The number of benzene rings is 1. The molecule has 0 aromatic heterocycles. The lowest BCUT2D eigenvalue weighted by Gasteiger charge is -2.02. The Labute approximate surface area is 135 Å². The summed E-state index contributed by atoms with van der Waals surface area (Å²) in [7, 11) is -4.15. The zero-order valence-electron chi connectivity index (χ0n) is 13.5. The number of rotatable bonds is 11. The first-order valence-corrected chi connectivity index (χ1v) is 9.72. The Morgan fingerprint density at radius 1 is 0.955 bits per heavy atom. The summed E-state index contributed by atoms with van der Waals surface area (Å²) >= 11 is 0. The van der Waals surface area contributed by atoms with Crippen molar-refractivity contribution in [2.45, 2.75) is 69.6 Å². The molecule has 0 saturated carbocycles. The summed E-state index contributed by atoms with van der Waals surface area (Å²) in [4.78, 5) is -0.0258. The van der Waals surface area contributed by atoms with E-state index >= 15 is 0 Å². The van der Waals surface area contributed by atoms with Crippen LogP contribution < -0.4 is 0 Å². The Bertz CT molecular complexity index is 547. The molecule has 4 heteroatoms. The molecule has 22 heavy (non-hydrogen) atoms. The van der Waals surface area contributed by atoms with Gasteiger partial charge in [0.25, 0.3) is 10.1 Å². The maximum Gasteiger partial charge on any atom is 0.295 e. The Balaban J connectivity index is 2.27. The highest BCUT2D eigenvalue weighted by Gasteiger charge is 2.12. The minimum Gasteiger partial charge on any atom is -0.282 e. The molecule has 0 bridgehead atoms. The van der Waals surface area contributed by atoms with Crippen LogP contribution in [0.15, 0.2) is 35.2 Å². The molecule has 0 aliphatic rings. The first-order valence-electron chi connectivity index (χ1n) is 8.28. The lowest BCUT2D eigenvalue weighted by molar-refractivity contribution is 0.483. The second-order valence-electron chi connectivity index (χ2n) is 5.68. The topological polar surface area (TPSA) is 54.4 Å². The monoisotopic (exact) mass is 324 g/mol. The predicted molar refractivity (Wildman–Crippen MR) is 92.5 cm³/mol. The zero-order chi connectivity index (χ0) is 16.3. The Morgan fingerprint density at radius 2 is 1.55 bits per heavy atom. The van der Waals surface area contributed by atoms with Gasteiger partial charge in [-0.2, -0.15) is 8.42 Å². The molecule has 1 N–H and O–H groups in total. The van der Waals surface area contributed by atoms with Gasteiger partial charge in [-0.15, -0.1) is 0 Å². The van der Waals surface area contributed by atoms with Crippen LogP contribution in [0.3, 0.4) is 0 Å². The third-order valence-electron chi connectivity index (χ3n) is 3.72. The molecule has 0 amide bonds. The van der Waals surface area contributed by atoms with Gasteiger partial charge in [0.2, 0.25) is 0 Å². The summed E-state index contributed by atoms with van der Waals surface area (Å²) in [6.07, 6.45) is 15.0. The van der Waals surface area contributed by atoms with Crippen LogP contribution in [0.2, 0.25) is 0 Å². The molecule has 0 aliphatic heterocycles. The fourth-order valence-electron chi connectivity index (χ4n) is 2.46. The summed E-state index contributed by atoms with van der Waals surface area (Å²) in [5, 5.41) is 0. The number of allylic oxidation sites excluding steroid dienone is 1. The van der Waals surface area contributed by atoms with Crippen LogP contribution in [0.25, 0.3) is 6.08 Å². The summed E-state index contributed by atoms with van der Waals surface area (Å²) in [5.41, 5.74) is 0.546. The largest absolute Gasteiger partial charge is 0.295 e. The molecule has 0 unspecified atom stereocenters. The zero-order valence-corrected chi connectivity index (χ0v) is 14.3. The van der Waals surface area contributed by atoms with Crippen LogP contribution in [0.4, 0.5) is 0 Å². The molecule has 0 radical (unpaired) electrons. The van der Waals surface area contributed by atoms with Gasteiger partial charge < -0.3 is 0 Å². The minimum absolute atomic E-state index is 0.0258. The highest BCUT2D eigenvalue weighted by atomic mass is 32.2. The highest BCUT2D eigenvalue weighted by Crippen LogP contribution is 2.17. The number of unbranched alkanes of at least 4 members (excludes halogenated alkanes) is 8. The summed E-state index contributed by atoms with van der Waals surface area (Å²) in [6, 6.07) is 6.50. The van der Waals surface area contributed by atoms with Gasteiger partial charge >= 0.3 is 0 Å². The van der Waals surface area contributed by atoms with Crippen LogP contribution in [0.5, 0.6) is 0 Å². The normalized spacial score (nSPS) is 12.1. The summed E-state index contributed by atoms with van der Waals surface area (Å²) in [5.74, 6) is 0. The van der Waals surface area contributed by atoms with Gasteiger partial charge in [-0.1, -0.05) is 82.2 Å². The molecule has 0 fully saturated rings. The van der Waals surface area contributed by atoms with Gasteiger partial charge in [-0.05, 0) is 24.5 Å². The average molecular weight is 324 g/mol. The summed E-state index contributed by atoms with van der Waals surface area (Å²) < 4.78 is 31.7. The van der Waals surface area contributed by atoms with Crippen LogP contribution in [-0.2, 0) is 10.1 Å². The SMILES string of the molecule is CCCCCCCCCCC=Cc1ccccc1S(=O)(=O)O. The van der Waals surface area contributed by atoms with E-state index in [1.54, 1.807) is 24.3 Å². The lowest BCUT2D eigenvalue weighted by Crippen LogP contribution is -2.00. The van der Waals surface area contributed by atoms with Gasteiger partial charge in [0, 0.05) is 0 Å². The third-order valence-corrected chi connectivity index (χ3v) is 4.65. The molecule has 1 rings (SSSR count). The maximum absolute atomic E-state index is 11.3. The Hall–Kier alpha value is -1.13. The van der Waals surface area contributed by atoms with Gasteiger partial charge in [0.15, 0.2) is 0 Å². The highest BCUT2D eigenvalue weighted by molar-refractivity contribution is 7.85. The molecule has 0 saturated heterocycles. The predicted octanol–water partition coefficient (Wildman–Crippen LogP) is 5.48. The minimum atomic E-state index is -4.15. The van der Waals surface area contributed by atoms with E-state index in [1.807, 2.05) is 6.08 Å². The van der Waals surface area contributed by atoms with E-state index in [9.17, 15) is 8.42 Å². The first-order chi connectivity index (χ1) is 10.6. The molecule has 1 aromatic rings. The van der Waals surface area contributed by atoms with E-state index in [1.165, 1.54) is 51.0 Å². The average Bonchev–Trinajstić information content (AvgIpc) is 2.48. The van der Waals surface area contributed by atoms with Crippen molar-refractivity contribution in [2.24, 2.45) is 0 Å². The lowest BCUT2D eigenvalue weighted by atomic mass is 10.1. The van der Waals surface area contributed by atoms with E-state index < -0.39 is 10.1 Å². The van der Waals surface area contributed by atoms with E-state index in [0.717, 1.165) is 12.8 Å². The molecule has 0 heterocycles. The van der Waals surface area contributed by atoms with E-state index in [-0.39, 0.29) is 4.90 Å². The van der Waals surface area contributed by atoms with Gasteiger partial charge in [0.1, 0.15) is 4.90 Å². The quantitative estimate of drug-likeness (QED) is 0.433. The van der Waals surface area contributed by atoms with Crippen LogP contribution in [0, 0.1) is 0 Å². The molecule has 124 valence electrons. The van der Waals surface area contributed by atoms with Crippen LogP contribution in [-0.4, -0.2) is 13.0 Å². The van der Waals surface area contributed by atoms with Gasteiger partial charge in [0.05, 0.1) is 0 Å². The van der Waals surface area contributed by atoms with Crippen molar-refractivity contribution in [3.05, 3.63) is 35.9 Å². The molecule has 0 atom stereocenters. The molecule has 3 nitrogen and oxygen atoms in total. The smallest absolute Gasteiger partial charge is 0.282 e. The summed E-state index contributed by atoms with van der Waals surface area (Å²) in [6.45, 7) is 2.23. The first kappa shape index (κ1) is 18.9. The molecule has 0 spiro atoms. The fourth-order valence-corrected chi connectivity index (χ4v) is 3.14. The van der Waals surface area contributed by atoms with Crippen LogP contribution >= 0.6 is 0 Å². The number of hydrogen-bond acceptors (Lipinski definition) is 2. The second kappa shape index (κ2) is 10.6. The Kier molecular flexibility index (Phi) is 9.09. The van der Waals surface area contributed by atoms with Crippen molar-refractivity contribution < 1.29 is 13.0 Å². The molecular formula is C18H28O3S. The maximum atomic E-state index is 11.3. The van der Waals surface area contributed by atoms with E-state index in [2.05, 4.69) is 6.92 Å². The number of hydrogen-bond donors (Lipinski definition) is 1. The molecular weight excluding hydrogens is 296 g/mol. The van der Waals surface area contributed by atoms with E-state index in [4.69, 9.17) is 4.55 Å². The van der Waals surface area contributed by atoms with Crippen LogP contribution in [0.1, 0.15) is 70.3 Å². The van der Waals surface area contributed by atoms with Crippen molar-refractivity contribution in [3.8, 4) is 0 Å². The molecule has 0 aliphatic carbocycles. The van der Waals surface area contributed by atoms with Gasteiger partial charge in [-0.25, -0.2) is 0 Å². The molecule has 1 aromatic carbocycles. The Morgan fingerprint density at radius 3 is 2.18 bits per heavy atom. The second-order valence-corrected chi connectivity index (χ2v) is 7.07. The fraction of sp³-hybridized carbons (Fsp3) is 0.556. The van der Waals surface area contributed by atoms with Crippen molar-refractivity contribution in [2.75, 3.05) is 0 Å².